The van der Waals surface area contributed by atoms with Crippen molar-refractivity contribution < 1.29 is 24.5 Å². The minimum absolute atomic E-state index is 0.0618. The SMILES string of the molecule is O=C(O)[C@H]1C[C@@H](O)CN1C(=O)NCCOC1CCCC1. The smallest absolute Gasteiger partial charge is 0.326 e. The Morgan fingerprint density at radius 3 is 2.65 bits per heavy atom. The fourth-order valence-corrected chi connectivity index (χ4v) is 2.81. The fraction of sp³-hybridized carbons (Fsp3) is 0.846. The molecule has 0 aromatic heterocycles. The van der Waals surface area contributed by atoms with Crippen LogP contribution in [0.1, 0.15) is 32.1 Å². The first-order valence-corrected chi connectivity index (χ1v) is 7.15. The number of aliphatic hydroxyl groups excluding tert-OH is 1. The summed E-state index contributed by atoms with van der Waals surface area (Å²) in [7, 11) is 0. The average molecular weight is 286 g/mol. The van der Waals surface area contributed by atoms with Crippen LogP contribution in [0, 0.1) is 0 Å². The summed E-state index contributed by atoms with van der Waals surface area (Å²) < 4.78 is 5.61. The van der Waals surface area contributed by atoms with Crippen LogP contribution in [0.5, 0.6) is 0 Å². The summed E-state index contributed by atoms with van der Waals surface area (Å²) in [6.07, 6.45) is 4.16. The molecule has 2 rings (SSSR count). The molecule has 1 aliphatic heterocycles. The van der Waals surface area contributed by atoms with E-state index >= 15 is 0 Å². The molecule has 0 spiro atoms. The summed E-state index contributed by atoms with van der Waals surface area (Å²) >= 11 is 0. The Labute approximate surface area is 117 Å². The Bertz CT molecular complexity index is 357. The molecule has 2 fully saturated rings. The van der Waals surface area contributed by atoms with Crippen LogP contribution in [0.25, 0.3) is 0 Å². The Kier molecular flexibility index (Phi) is 5.19. The number of hydrogen-bond acceptors (Lipinski definition) is 4. The van der Waals surface area contributed by atoms with Gasteiger partial charge in [0.1, 0.15) is 6.04 Å². The third-order valence-electron chi connectivity index (χ3n) is 3.86. The minimum atomic E-state index is -1.08. The quantitative estimate of drug-likeness (QED) is 0.626. The van der Waals surface area contributed by atoms with Gasteiger partial charge in [-0.15, -0.1) is 0 Å². The largest absolute Gasteiger partial charge is 0.480 e. The molecule has 2 aliphatic rings. The van der Waals surface area contributed by atoms with E-state index in [1.165, 1.54) is 17.7 Å². The van der Waals surface area contributed by atoms with Gasteiger partial charge in [0.25, 0.3) is 0 Å². The molecule has 20 heavy (non-hydrogen) atoms. The Morgan fingerprint density at radius 1 is 1.30 bits per heavy atom. The van der Waals surface area contributed by atoms with Gasteiger partial charge in [-0.2, -0.15) is 0 Å². The molecule has 3 N–H and O–H groups in total. The number of nitrogens with one attached hydrogen (secondary N) is 1. The van der Waals surface area contributed by atoms with Crippen LogP contribution in [0.4, 0.5) is 4.79 Å². The Morgan fingerprint density at radius 2 is 2.00 bits per heavy atom. The highest BCUT2D eigenvalue weighted by molar-refractivity contribution is 5.83. The third kappa shape index (κ3) is 3.83. The number of likely N-dealkylation sites (tertiary alicyclic amines) is 1. The van der Waals surface area contributed by atoms with Gasteiger partial charge in [0, 0.05) is 19.5 Å². The second-order valence-electron chi connectivity index (χ2n) is 5.41. The molecule has 0 aromatic carbocycles. The van der Waals surface area contributed by atoms with E-state index in [4.69, 9.17) is 9.84 Å². The topological polar surface area (TPSA) is 99.1 Å². The maximum absolute atomic E-state index is 11.9. The molecule has 0 bridgehead atoms. The van der Waals surface area contributed by atoms with Gasteiger partial charge in [-0.3, -0.25) is 0 Å². The molecule has 1 saturated heterocycles. The summed E-state index contributed by atoms with van der Waals surface area (Å²) in [6.45, 7) is 0.852. The van der Waals surface area contributed by atoms with E-state index in [-0.39, 0.29) is 13.0 Å². The maximum Gasteiger partial charge on any atom is 0.326 e. The van der Waals surface area contributed by atoms with Crippen LogP contribution in [0.15, 0.2) is 0 Å². The zero-order valence-corrected chi connectivity index (χ0v) is 11.5. The number of amides is 2. The number of β-amino-alcohol motifs (C(OH)–C–C–N with tert-alkyl or cyclic N) is 1. The van der Waals surface area contributed by atoms with Crippen molar-refractivity contribution in [3.8, 4) is 0 Å². The minimum Gasteiger partial charge on any atom is -0.480 e. The van der Waals surface area contributed by atoms with E-state index in [2.05, 4.69) is 5.32 Å². The lowest BCUT2D eigenvalue weighted by Crippen LogP contribution is -2.47. The van der Waals surface area contributed by atoms with E-state index in [1.54, 1.807) is 0 Å². The van der Waals surface area contributed by atoms with E-state index in [0.717, 1.165) is 12.8 Å². The normalized spacial score (nSPS) is 26.9. The molecule has 7 heteroatoms. The summed E-state index contributed by atoms with van der Waals surface area (Å²) in [5.41, 5.74) is 0. The predicted molar refractivity (Wildman–Crippen MR) is 70.4 cm³/mol. The van der Waals surface area contributed by atoms with Crippen LogP contribution < -0.4 is 5.32 Å². The number of nitrogens with zero attached hydrogens (tertiary/aromatic N) is 1. The standard InChI is InChI=1S/C13H22N2O5/c16-9-7-11(12(17)18)15(8-9)13(19)14-5-6-20-10-3-1-2-4-10/h9-11,16H,1-8H2,(H,14,19)(H,17,18)/t9-,11-/m1/s1. The monoisotopic (exact) mass is 286 g/mol. The Balaban J connectivity index is 1.69. The number of urea groups is 1. The van der Waals surface area contributed by atoms with Gasteiger partial charge in [0.2, 0.25) is 0 Å². The maximum atomic E-state index is 11.9. The van der Waals surface area contributed by atoms with Crippen molar-refractivity contribution in [3.05, 3.63) is 0 Å². The predicted octanol–water partition coefficient (Wildman–Crippen LogP) is 0.175. The van der Waals surface area contributed by atoms with Crippen molar-refractivity contribution in [2.45, 2.75) is 50.4 Å². The molecule has 2 atom stereocenters. The van der Waals surface area contributed by atoms with Crippen molar-refractivity contribution >= 4 is 12.0 Å². The number of ether oxygens (including phenoxy) is 1. The highest BCUT2D eigenvalue weighted by Gasteiger charge is 2.38. The summed E-state index contributed by atoms with van der Waals surface area (Å²) in [4.78, 5) is 24.1. The van der Waals surface area contributed by atoms with Gasteiger partial charge < -0.3 is 25.2 Å². The lowest BCUT2D eigenvalue weighted by Gasteiger charge is -2.21. The van der Waals surface area contributed by atoms with Crippen LogP contribution in [-0.2, 0) is 9.53 Å². The average Bonchev–Trinajstić information content (AvgIpc) is 3.03. The first-order chi connectivity index (χ1) is 9.58. The third-order valence-corrected chi connectivity index (χ3v) is 3.86. The van der Waals surface area contributed by atoms with Gasteiger partial charge in [-0.05, 0) is 12.8 Å². The van der Waals surface area contributed by atoms with E-state index < -0.39 is 24.1 Å². The molecule has 114 valence electrons. The number of hydrogen-bond donors (Lipinski definition) is 3. The molecule has 1 saturated carbocycles. The van der Waals surface area contributed by atoms with Crippen LogP contribution in [0.2, 0.25) is 0 Å². The first-order valence-electron chi connectivity index (χ1n) is 7.15. The lowest BCUT2D eigenvalue weighted by atomic mass is 10.2. The number of aliphatic carboxylic acids is 1. The molecule has 0 unspecified atom stereocenters. The van der Waals surface area contributed by atoms with Gasteiger partial charge >= 0.3 is 12.0 Å². The summed E-state index contributed by atoms with van der Waals surface area (Å²) in [6, 6.07) is -1.40. The lowest BCUT2D eigenvalue weighted by molar-refractivity contribution is -0.141. The number of carbonyl (C=O) groups is 2. The van der Waals surface area contributed by atoms with Gasteiger partial charge in [0.05, 0.1) is 18.8 Å². The van der Waals surface area contributed by atoms with Crippen molar-refractivity contribution in [1.82, 2.24) is 10.2 Å². The number of carboxylic acid groups (broad SMARTS) is 1. The highest BCUT2D eigenvalue weighted by atomic mass is 16.5. The molecular weight excluding hydrogens is 264 g/mol. The van der Waals surface area contributed by atoms with Crippen molar-refractivity contribution in [2.75, 3.05) is 19.7 Å². The van der Waals surface area contributed by atoms with Crippen LogP contribution >= 0.6 is 0 Å². The summed E-state index contributed by atoms with van der Waals surface area (Å²) in [5.74, 6) is -1.08. The molecule has 1 aliphatic carbocycles. The molecule has 0 aromatic rings. The number of aliphatic hydroxyl groups is 1. The number of carbonyl (C=O) groups excluding carboxylic acids is 1. The molecule has 0 radical (unpaired) electrons. The zero-order valence-electron chi connectivity index (χ0n) is 11.5. The highest BCUT2D eigenvalue weighted by Crippen LogP contribution is 2.20. The summed E-state index contributed by atoms with van der Waals surface area (Å²) in [5, 5.41) is 21.1. The fourth-order valence-electron chi connectivity index (χ4n) is 2.81. The van der Waals surface area contributed by atoms with Crippen molar-refractivity contribution in [3.63, 3.8) is 0 Å². The molecule has 2 amide bonds. The van der Waals surface area contributed by atoms with Gasteiger partial charge in [0.15, 0.2) is 0 Å². The molecular formula is C13H22N2O5. The Hall–Kier alpha value is -1.34. The number of carboxylic acids is 1. The van der Waals surface area contributed by atoms with Crippen molar-refractivity contribution in [1.29, 1.82) is 0 Å². The molecule has 7 nitrogen and oxygen atoms in total. The van der Waals surface area contributed by atoms with Crippen LogP contribution in [0.3, 0.4) is 0 Å². The van der Waals surface area contributed by atoms with Gasteiger partial charge in [-0.1, -0.05) is 12.8 Å². The second-order valence-corrected chi connectivity index (χ2v) is 5.41. The molecule has 1 heterocycles. The van der Waals surface area contributed by atoms with Crippen LogP contribution in [-0.4, -0.2) is 65.1 Å². The van der Waals surface area contributed by atoms with Gasteiger partial charge in [-0.25, -0.2) is 9.59 Å². The zero-order chi connectivity index (χ0) is 14.5. The second kappa shape index (κ2) is 6.90. The van der Waals surface area contributed by atoms with Crippen molar-refractivity contribution in [2.24, 2.45) is 0 Å². The van der Waals surface area contributed by atoms with E-state index in [1.807, 2.05) is 0 Å². The van der Waals surface area contributed by atoms with E-state index in [0.29, 0.717) is 19.3 Å². The first kappa shape index (κ1) is 15.1. The van der Waals surface area contributed by atoms with E-state index in [9.17, 15) is 14.7 Å². The number of rotatable bonds is 5.